The number of H-pyrrole nitrogens is 1. The van der Waals surface area contributed by atoms with Crippen LogP contribution in [0.15, 0.2) is 48.9 Å². The topological polar surface area (TPSA) is 28.7 Å². The molecular weight excluding hydrogens is 220 g/mol. The van der Waals surface area contributed by atoms with Gasteiger partial charge in [0.2, 0.25) is 0 Å². The lowest BCUT2D eigenvalue weighted by Crippen LogP contribution is -1.80. The lowest BCUT2D eigenvalue weighted by molar-refractivity contribution is 1.33. The molecule has 0 unspecified atom stereocenters. The van der Waals surface area contributed by atoms with Crippen molar-refractivity contribution in [1.29, 1.82) is 0 Å². The minimum atomic E-state index is 0.657. The molecule has 0 fully saturated rings. The summed E-state index contributed by atoms with van der Waals surface area (Å²) in [6, 6.07) is 10.2. The summed E-state index contributed by atoms with van der Waals surface area (Å²) in [5, 5.41) is 1.86. The van der Waals surface area contributed by atoms with E-state index in [1.54, 1.807) is 6.20 Å². The molecule has 0 spiro atoms. The molecule has 1 aromatic carbocycles. The summed E-state index contributed by atoms with van der Waals surface area (Å²) in [6.45, 7) is 0. The number of aromatic nitrogens is 2. The summed E-state index contributed by atoms with van der Waals surface area (Å²) in [5.74, 6) is 0. The maximum atomic E-state index is 5.92. The first-order valence-electron chi connectivity index (χ1n) is 5.01. The van der Waals surface area contributed by atoms with Gasteiger partial charge in [0.25, 0.3) is 0 Å². The number of benzene rings is 1. The quantitative estimate of drug-likeness (QED) is 0.673. The number of hydrogen-bond acceptors (Lipinski definition) is 1. The largest absolute Gasteiger partial charge is 0.361 e. The Hall–Kier alpha value is -1.80. The molecule has 2 aromatic heterocycles. The molecule has 78 valence electrons. The van der Waals surface area contributed by atoms with Gasteiger partial charge in [0.15, 0.2) is 0 Å². The van der Waals surface area contributed by atoms with Crippen molar-refractivity contribution in [2.75, 3.05) is 0 Å². The van der Waals surface area contributed by atoms with Crippen LogP contribution in [-0.2, 0) is 0 Å². The van der Waals surface area contributed by atoms with E-state index in [1.165, 1.54) is 5.39 Å². The molecule has 0 atom stereocenters. The van der Waals surface area contributed by atoms with Gasteiger partial charge in [0.05, 0.1) is 5.02 Å². The molecule has 1 N–H and O–H groups in total. The Kier molecular flexibility index (Phi) is 2.15. The lowest BCUT2D eigenvalue weighted by Gasteiger charge is -2.01. The van der Waals surface area contributed by atoms with Crippen molar-refractivity contribution >= 4 is 22.5 Å². The number of hydrogen-bond donors (Lipinski definition) is 1. The van der Waals surface area contributed by atoms with Crippen molar-refractivity contribution in [2.45, 2.75) is 0 Å². The van der Waals surface area contributed by atoms with Crippen LogP contribution in [0, 0.1) is 0 Å². The maximum absolute atomic E-state index is 5.92. The first-order valence-corrected chi connectivity index (χ1v) is 5.39. The predicted octanol–water partition coefficient (Wildman–Crippen LogP) is 3.88. The molecule has 2 heterocycles. The van der Waals surface area contributed by atoms with Gasteiger partial charge >= 0.3 is 0 Å². The Morgan fingerprint density at radius 2 is 1.94 bits per heavy atom. The summed E-state index contributed by atoms with van der Waals surface area (Å²) in [6.07, 6.45) is 5.39. The molecule has 3 aromatic rings. The van der Waals surface area contributed by atoms with E-state index >= 15 is 0 Å². The van der Waals surface area contributed by atoms with Crippen LogP contribution in [0.4, 0.5) is 0 Å². The van der Waals surface area contributed by atoms with Crippen LogP contribution in [0.3, 0.4) is 0 Å². The highest BCUT2D eigenvalue weighted by Gasteiger charge is 2.01. The van der Waals surface area contributed by atoms with Crippen molar-refractivity contribution in [1.82, 2.24) is 9.97 Å². The van der Waals surface area contributed by atoms with Crippen LogP contribution in [0.1, 0.15) is 0 Å². The van der Waals surface area contributed by atoms with Crippen molar-refractivity contribution in [3.8, 4) is 11.1 Å². The highest BCUT2D eigenvalue weighted by molar-refractivity contribution is 6.30. The molecule has 0 aliphatic carbocycles. The summed E-state index contributed by atoms with van der Waals surface area (Å²) < 4.78 is 0. The van der Waals surface area contributed by atoms with Crippen LogP contribution in [0.5, 0.6) is 0 Å². The van der Waals surface area contributed by atoms with E-state index in [4.69, 9.17) is 11.6 Å². The molecule has 16 heavy (non-hydrogen) atoms. The highest BCUT2D eigenvalue weighted by atomic mass is 35.5. The van der Waals surface area contributed by atoms with Gasteiger partial charge < -0.3 is 4.98 Å². The monoisotopic (exact) mass is 228 g/mol. The molecule has 0 amide bonds. The second-order valence-corrected chi connectivity index (χ2v) is 4.11. The minimum absolute atomic E-state index is 0.657. The Balaban J connectivity index is 2.18. The average molecular weight is 229 g/mol. The van der Waals surface area contributed by atoms with Gasteiger partial charge in [-0.25, -0.2) is 0 Å². The zero-order valence-corrected chi connectivity index (χ0v) is 9.20. The fourth-order valence-electron chi connectivity index (χ4n) is 1.80. The van der Waals surface area contributed by atoms with Gasteiger partial charge in [-0.15, -0.1) is 0 Å². The SMILES string of the molecule is Clc1cncc(-c2ccc3cc[nH]c3c2)c1. The maximum Gasteiger partial charge on any atom is 0.0595 e. The van der Waals surface area contributed by atoms with Gasteiger partial charge in [-0.3, -0.25) is 4.98 Å². The van der Waals surface area contributed by atoms with Crippen LogP contribution >= 0.6 is 11.6 Å². The molecule has 0 saturated heterocycles. The van der Waals surface area contributed by atoms with Crippen molar-refractivity contribution in [3.05, 3.63) is 53.9 Å². The van der Waals surface area contributed by atoms with Gasteiger partial charge in [0.1, 0.15) is 0 Å². The summed E-state index contributed by atoms with van der Waals surface area (Å²) in [7, 11) is 0. The number of halogens is 1. The van der Waals surface area contributed by atoms with E-state index in [-0.39, 0.29) is 0 Å². The number of nitrogens with one attached hydrogen (secondary N) is 1. The average Bonchev–Trinajstić information content (AvgIpc) is 2.75. The van der Waals surface area contributed by atoms with Crippen molar-refractivity contribution in [2.24, 2.45) is 0 Å². The van der Waals surface area contributed by atoms with E-state index in [0.29, 0.717) is 5.02 Å². The Morgan fingerprint density at radius 3 is 2.81 bits per heavy atom. The third kappa shape index (κ3) is 1.57. The van der Waals surface area contributed by atoms with Crippen molar-refractivity contribution in [3.63, 3.8) is 0 Å². The van der Waals surface area contributed by atoms with Gasteiger partial charge in [-0.1, -0.05) is 23.7 Å². The Morgan fingerprint density at radius 1 is 1.00 bits per heavy atom. The molecule has 3 rings (SSSR count). The summed E-state index contributed by atoms with van der Waals surface area (Å²) >= 11 is 5.92. The first kappa shape index (κ1) is 9.43. The van der Waals surface area contributed by atoms with Crippen LogP contribution in [0.2, 0.25) is 5.02 Å². The molecule has 0 bridgehead atoms. The van der Waals surface area contributed by atoms with Gasteiger partial charge in [0, 0.05) is 29.7 Å². The van der Waals surface area contributed by atoms with E-state index in [9.17, 15) is 0 Å². The number of aromatic amines is 1. The van der Waals surface area contributed by atoms with E-state index in [0.717, 1.165) is 16.6 Å². The summed E-state index contributed by atoms with van der Waals surface area (Å²) in [4.78, 5) is 7.28. The molecule has 0 saturated carbocycles. The lowest BCUT2D eigenvalue weighted by atomic mass is 10.1. The second kappa shape index (κ2) is 3.65. The van der Waals surface area contributed by atoms with Crippen LogP contribution < -0.4 is 0 Å². The fraction of sp³-hybridized carbons (Fsp3) is 0. The zero-order chi connectivity index (χ0) is 11.0. The first-order chi connectivity index (χ1) is 7.83. The number of rotatable bonds is 1. The van der Waals surface area contributed by atoms with Gasteiger partial charge in [-0.05, 0) is 29.1 Å². The van der Waals surface area contributed by atoms with E-state index in [1.807, 2.05) is 18.5 Å². The minimum Gasteiger partial charge on any atom is -0.361 e. The van der Waals surface area contributed by atoms with Crippen LogP contribution in [0.25, 0.3) is 22.0 Å². The number of pyridine rings is 1. The van der Waals surface area contributed by atoms with Crippen LogP contribution in [-0.4, -0.2) is 9.97 Å². The molecule has 0 aliphatic heterocycles. The predicted molar refractivity (Wildman–Crippen MR) is 66.5 cm³/mol. The Labute approximate surface area is 97.9 Å². The molecule has 3 heteroatoms. The highest BCUT2D eigenvalue weighted by Crippen LogP contribution is 2.24. The zero-order valence-electron chi connectivity index (χ0n) is 8.44. The third-order valence-corrected chi connectivity index (χ3v) is 2.80. The molecule has 2 nitrogen and oxygen atoms in total. The molecular formula is C13H9ClN2. The van der Waals surface area contributed by atoms with Crippen molar-refractivity contribution < 1.29 is 0 Å². The van der Waals surface area contributed by atoms with E-state index < -0.39 is 0 Å². The molecule has 0 radical (unpaired) electrons. The van der Waals surface area contributed by atoms with E-state index in [2.05, 4.69) is 34.2 Å². The second-order valence-electron chi connectivity index (χ2n) is 3.67. The summed E-state index contributed by atoms with van der Waals surface area (Å²) in [5.41, 5.74) is 3.27. The smallest absolute Gasteiger partial charge is 0.0595 e. The number of nitrogens with zero attached hydrogens (tertiary/aromatic N) is 1. The Bertz CT molecular complexity index is 643. The molecule has 0 aliphatic rings. The third-order valence-electron chi connectivity index (χ3n) is 2.59. The number of fused-ring (bicyclic) bond motifs is 1. The standard InChI is InChI=1S/C13H9ClN2/c14-12-5-11(7-15-8-12)10-2-1-9-3-4-16-13(9)6-10/h1-8,16H. The fourth-order valence-corrected chi connectivity index (χ4v) is 1.97. The normalized spacial score (nSPS) is 10.8. The van der Waals surface area contributed by atoms with Gasteiger partial charge in [-0.2, -0.15) is 0 Å².